The van der Waals surface area contributed by atoms with E-state index in [-0.39, 0.29) is 23.5 Å². The van der Waals surface area contributed by atoms with Gasteiger partial charge in [-0.1, -0.05) is 12.2 Å². The van der Waals surface area contributed by atoms with Crippen LogP contribution in [-0.4, -0.2) is 66.7 Å². The zero-order valence-corrected chi connectivity index (χ0v) is 17.6. The van der Waals surface area contributed by atoms with Crippen molar-refractivity contribution in [2.75, 3.05) is 42.6 Å². The number of amides is 1. The number of nitrogens with zero attached hydrogens (tertiary/aromatic N) is 4. The molecule has 4 rings (SSSR count). The molecule has 2 aliphatic heterocycles. The van der Waals surface area contributed by atoms with Crippen LogP contribution in [0.5, 0.6) is 0 Å². The molecule has 3 aliphatic rings. The van der Waals surface area contributed by atoms with Gasteiger partial charge in [0.25, 0.3) is 0 Å². The number of carbonyl (C=O) groups is 1. The van der Waals surface area contributed by atoms with Gasteiger partial charge in [0, 0.05) is 32.1 Å². The molecule has 28 heavy (non-hydrogen) atoms. The molecule has 2 unspecified atom stereocenters. The highest BCUT2D eigenvalue weighted by Gasteiger charge is 2.33. The highest BCUT2D eigenvalue weighted by molar-refractivity contribution is 7.91. The lowest BCUT2D eigenvalue weighted by molar-refractivity contribution is -0.136. The standard InChI is InChI=1S/C20H30N4O3S/c1-15-19(16(2)24(21-15)18-8-13-28(26,27)14-18)22-9-11-23(12-10-22)20(25)17-6-4-3-5-7-17/h3-4,17-18H,5-14H2,1-2H3. The fourth-order valence-electron chi connectivity index (χ4n) is 4.86. The number of hydrogen-bond donors (Lipinski definition) is 0. The highest BCUT2D eigenvalue weighted by Crippen LogP contribution is 2.32. The molecule has 0 saturated carbocycles. The number of anilines is 1. The topological polar surface area (TPSA) is 75.5 Å². The maximum absolute atomic E-state index is 12.8. The van der Waals surface area contributed by atoms with Crippen molar-refractivity contribution in [3.8, 4) is 0 Å². The van der Waals surface area contributed by atoms with Crippen LogP contribution in [0.15, 0.2) is 12.2 Å². The Hall–Kier alpha value is -1.83. The van der Waals surface area contributed by atoms with Crippen molar-refractivity contribution >= 4 is 21.4 Å². The lowest BCUT2D eigenvalue weighted by Crippen LogP contribution is -2.50. The highest BCUT2D eigenvalue weighted by atomic mass is 32.2. The van der Waals surface area contributed by atoms with Crippen LogP contribution in [0.3, 0.4) is 0 Å². The van der Waals surface area contributed by atoms with Gasteiger partial charge in [-0.3, -0.25) is 9.48 Å². The third-order valence-corrected chi connectivity index (χ3v) is 8.12. The molecule has 1 amide bonds. The second-order valence-electron chi connectivity index (χ2n) is 8.31. The largest absolute Gasteiger partial charge is 0.365 e. The van der Waals surface area contributed by atoms with E-state index in [1.165, 1.54) is 0 Å². The molecule has 2 atom stereocenters. The Morgan fingerprint density at radius 1 is 1.11 bits per heavy atom. The van der Waals surface area contributed by atoms with E-state index in [2.05, 4.69) is 22.2 Å². The van der Waals surface area contributed by atoms with Gasteiger partial charge in [-0.25, -0.2) is 8.42 Å². The van der Waals surface area contributed by atoms with Crippen LogP contribution in [0.4, 0.5) is 5.69 Å². The van der Waals surface area contributed by atoms with Crippen LogP contribution in [0, 0.1) is 19.8 Å². The van der Waals surface area contributed by atoms with Crippen molar-refractivity contribution in [3.05, 3.63) is 23.5 Å². The molecule has 3 heterocycles. The van der Waals surface area contributed by atoms with E-state index in [1.807, 2.05) is 23.4 Å². The Bertz CT molecular complexity index is 882. The predicted molar refractivity (Wildman–Crippen MR) is 109 cm³/mol. The van der Waals surface area contributed by atoms with E-state index in [1.54, 1.807) is 0 Å². The third kappa shape index (κ3) is 3.71. The average molecular weight is 407 g/mol. The van der Waals surface area contributed by atoms with E-state index in [0.29, 0.717) is 12.3 Å². The molecule has 154 valence electrons. The monoisotopic (exact) mass is 406 g/mol. The van der Waals surface area contributed by atoms with Crippen LogP contribution in [0.2, 0.25) is 0 Å². The number of carbonyl (C=O) groups excluding carboxylic acids is 1. The van der Waals surface area contributed by atoms with Crippen molar-refractivity contribution in [2.24, 2.45) is 5.92 Å². The van der Waals surface area contributed by atoms with Gasteiger partial charge in [-0.2, -0.15) is 5.10 Å². The first-order valence-corrected chi connectivity index (χ1v) is 12.1. The molecular formula is C20H30N4O3S. The number of aromatic nitrogens is 2. The molecule has 1 aromatic rings. The number of hydrogen-bond acceptors (Lipinski definition) is 5. The van der Waals surface area contributed by atoms with Crippen LogP contribution < -0.4 is 4.90 Å². The summed E-state index contributed by atoms with van der Waals surface area (Å²) in [6.07, 6.45) is 7.78. The zero-order valence-electron chi connectivity index (χ0n) is 16.8. The van der Waals surface area contributed by atoms with Gasteiger partial charge in [-0.15, -0.1) is 0 Å². The first-order valence-electron chi connectivity index (χ1n) is 10.3. The predicted octanol–water partition coefficient (Wildman–Crippen LogP) is 1.86. The molecule has 0 bridgehead atoms. The van der Waals surface area contributed by atoms with Gasteiger partial charge in [0.2, 0.25) is 5.91 Å². The van der Waals surface area contributed by atoms with Crippen LogP contribution in [0.25, 0.3) is 0 Å². The normalized spacial score (nSPS) is 27.4. The quantitative estimate of drug-likeness (QED) is 0.717. The Kier molecular flexibility index (Phi) is 5.24. The fraction of sp³-hybridized carbons (Fsp3) is 0.700. The minimum Gasteiger partial charge on any atom is -0.365 e. The summed E-state index contributed by atoms with van der Waals surface area (Å²) in [5.41, 5.74) is 3.09. The number of sulfone groups is 1. The van der Waals surface area contributed by atoms with Crippen LogP contribution in [0.1, 0.15) is 43.1 Å². The molecule has 0 aromatic carbocycles. The minimum atomic E-state index is -2.94. The summed E-state index contributed by atoms with van der Waals surface area (Å²) in [7, 11) is -2.94. The van der Waals surface area contributed by atoms with Gasteiger partial charge in [-0.05, 0) is 39.5 Å². The zero-order chi connectivity index (χ0) is 19.9. The fourth-order valence-corrected chi connectivity index (χ4v) is 6.55. The number of allylic oxidation sites excluding steroid dienone is 2. The minimum absolute atomic E-state index is 0.0559. The summed E-state index contributed by atoms with van der Waals surface area (Å²) in [5.74, 6) is 0.881. The summed E-state index contributed by atoms with van der Waals surface area (Å²) in [4.78, 5) is 17.1. The number of rotatable bonds is 3. The van der Waals surface area contributed by atoms with Gasteiger partial charge >= 0.3 is 0 Å². The molecule has 2 fully saturated rings. The SMILES string of the molecule is Cc1nn(C2CCS(=O)(=O)C2)c(C)c1N1CCN(C(=O)C2CC=CCC2)CC1. The summed E-state index contributed by atoms with van der Waals surface area (Å²) < 4.78 is 25.6. The van der Waals surface area contributed by atoms with E-state index in [4.69, 9.17) is 0 Å². The Labute approximate surface area is 167 Å². The number of aryl methyl sites for hydroxylation is 1. The van der Waals surface area contributed by atoms with Crippen molar-refractivity contribution in [3.63, 3.8) is 0 Å². The Morgan fingerprint density at radius 2 is 1.86 bits per heavy atom. The van der Waals surface area contributed by atoms with Gasteiger partial charge in [0.15, 0.2) is 9.84 Å². The van der Waals surface area contributed by atoms with E-state index in [0.717, 1.165) is 62.5 Å². The van der Waals surface area contributed by atoms with E-state index in [9.17, 15) is 13.2 Å². The first kappa shape index (κ1) is 19.5. The van der Waals surface area contributed by atoms with E-state index >= 15 is 0 Å². The van der Waals surface area contributed by atoms with Crippen molar-refractivity contribution < 1.29 is 13.2 Å². The Morgan fingerprint density at radius 3 is 2.46 bits per heavy atom. The van der Waals surface area contributed by atoms with Gasteiger partial charge < -0.3 is 9.80 Å². The molecule has 0 N–H and O–H groups in total. The lowest BCUT2D eigenvalue weighted by Gasteiger charge is -2.38. The maximum atomic E-state index is 12.8. The smallest absolute Gasteiger partial charge is 0.226 e. The molecule has 2 saturated heterocycles. The number of piperazine rings is 1. The second-order valence-corrected chi connectivity index (χ2v) is 10.5. The molecule has 8 heteroatoms. The summed E-state index contributed by atoms with van der Waals surface area (Å²) in [6.45, 7) is 7.09. The van der Waals surface area contributed by atoms with E-state index < -0.39 is 9.84 Å². The van der Waals surface area contributed by atoms with Gasteiger partial charge in [0.05, 0.1) is 34.6 Å². The Balaban J connectivity index is 1.43. The molecule has 0 spiro atoms. The molecule has 1 aromatic heterocycles. The summed E-state index contributed by atoms with van der Waals surface area (Å²) >= 11 is 0. The lowest BCUT2D eigenvalue weighted by atomic mass is 9.93. The second kappa shape index (κ2) is 7.54. The summed E-state index contributed by atoms with van der Waals surface area (Å²) in [5, 5.41) is 4.68. The molecular weight excluding hydrogens is 376 g/mol. The summed E-state index contributed by atoms with van der Waals surface area (Å²) in [6, 6.07) is -0.0559. The van der Waals surface area contributed by atoms with Crippen LogP contribution >= 0.6 is 0 Å². The average Bonchev–Trinajstić information content (AvgIpc) is 3.20. The molecule has 7 nitrogen and oxygen atoms in total. The van der Waals surface area contributed by atoms with Gasteiger partial charge in [0.1, 0.15) is 0 Å². The molecule has 0 radical (unpaired) electrons. The molecule has 1 aliphatic carbocycles. The van der Waals surface area contributed by atoms with Crippen molar-refractivity contribution in [1.29, 1.82) is 0 Å². The maximum Gasteiger partial charge on any atom is 0.226 e. The van der Waals surface area contributed by atoms with Crippen molar-refractivity contribution in [1.82, 2.24) is 14.7 Å². The third-order valence-electron chi connectivity index (χ3n) is 6.37. The van der Waals surface area contributed by atoms with Crippen molar-refractivity contribution in [2.45, 2.75) is 45.6 Å². The van der Waals surface area contributed by atoms with Crippen LogP contribution in [-0.2, 0) is 14.6 Å². The first-order chi connectivity index (χ1) is 13.4.